The van der Waals surface area contributed by atoms with Gasteiger partial charge in [-0.3, -0.25) is 9.59 Å². The molecule has 0 bridgehead atoms. The lowest BCUT2D eigenvalue weighted by molar-refractivity contribution is 0.295. The number of likely N-dealkylation sites (N-methyl/N-ethyl adjacent to an activating group) is 1. The number of hydrogen-bond acceptors (Lipinski definition) is 5. The summed E-state index contributed by atoms with van der Waals surface area (Å²) in [5, 5.41) is 7.55. The molecule has 7 heteroatoms. The molecule has 4 rings (SSSR count). The molecule has 30 heavy (non-hydrogen) atoms. The van der Waals surface area contributed by atoms with E-state index in [0.29, 0.717) is 21.4 Å². The molecule has 0 saturated heterocycles. The van der Waals surface area contributed by atoms with E-state index < -0.39 is 10.9 Å². The van der Waals surface area contributed by atoms with Gasteiger partial charge >= 0.3 is 0 Å². The Morgan fingerprint density at radius 3 is 2.47 bits per heavy atom. The second-order valence-corrected chi connectivity index (χ2v) is 8.97. The molecule has 1 atom stereocenters. The van der Waals surface area contributed by atoms with Crippen molar-refractivity contribution in [2.45, 2.75) is 32.4 Å². The topological polar surface area (TPSA) is 61.4 Å². The Balaban J connectivity index is 1.77. The summed E-state index contributed by atoms with van der Waals surface area (Å²) >= 11 is 12.8. The first-order valence-electron chi connectivity index (χ1n) is 9.88. The molecule has 1 heterocycles. The molecule has 0 radical (unpaired) electrons. The van der Waals surface area contributed by atoms with Crippen molar-refractivity contribution in [1.29, 1.82) is 0 Å². The maximum Gasteiger partial charge on any atom is 0.253 e. The van der Waals surface area contributed by atoms with E-state index in [0.717, 1.165) is 35.5 Å². The van der Waals surface area contributed by atoms with Crippen molar-refractivity contribution in [2.24, 2.45) is 0 Å². The van der Waals surface area contributed by atoms with E-state index >= 15 is 0 Å². The Bertz CT molecular complexity index is 1180. The van der Waals surface area contributed by atoms with Gasteiger partial charge in [0.15, 0.2) is 0 Å². The number of halogens is 2. The molecule has 0 saturated carbocycles. The molecule has 156 valence electrons. The highest BCUT2D eigenvalue weighted by atomic mass is 35.5. The van der Waals surface area contributed by atoms with E-state index in [-0.39, 0.29) is 12.0 Å². The molecule has 0 amide bonds. The third-order valence-electron chi connectivity index (χ3n) is 5.43. The van der Waals surface area contributed by atoms with Crippen LogP contribution in [0, 0.1) is 0 Å². The third kappa shape index (κ3) is 3.73. The number of nitrogens with zero attached hydrogens (tertiary/aromatic N) is 1. The van der Waals surface area contributed by atoms with Crippen LogP contribution in [0.25, 0.3) is 0 Å². The van der Waals surface area contributed by atoms with Gasteiger partial charge in [-0.05, 0) is 55.8 Å². The predicted molar refractivity (Wildman–Crippen MR) is 124 cm³/mol. The number of anilines is 3. The maximum absolute atomic E-state index is 12.2. The van der Waals surface area contributed by atoms with Crippen molar-refractivity contribution in [3.8, 4) is 0 Å². The molecule has 0 spiro atoms. The Morgan fingerprint density at radius 1 is 1.03 bits per heavy atom. The van der Waals surface area contributed by atoms with Crippen LogP contribution in [0.5, 0.6) is 0 Å². The summed E-state index contributed by atoms with van der Waals surface area (Å²) in [4.78, 5) is 26.5. The van der Waals surface area contributed by atoms with E-state index in [1.807, 2.05) is 44.2 Å². The van der Waals surface area contributed by atoms with Crippen LogP contribution in [0.1, 0.15) is 36.5 Å². The van der Waals surface area contributed by atoms with Crippen LogP contribution in [0.2, 0.25) is 10.0 Å². The van der Waals surface area contributed by atoms with Crippen molar-refractivity contribution in [3.05, 3.63) is 83.6 Å². The van der Waals surface area contributed by atoms with Gasteiger partial charge in [0.25, 0.3) is 10.9 Å². The van der Waals surface area contributed by atoms with Crippen LogP contribution < -0.4 is 21.5 Å². The third-order valence-corrected chi connectivity index (χ3v) is 5.99. The van der Waals surface area contributed by atoms with Gasteiger partial charge < -0.3 is 15.5 Å². The van der Waals surface area contributed by atoms with Gasteiger partial charge in [0, 0.05) is 40.8 Å². The number of benzene rings is 2. The molecule has 0 aromatic heterocycles. The minimum Gasteiger partial charge on any atom is -0.378 e. The fourth-order valence-corrected chi connectivity index (χ4v) is 4.67. The monoisotopic (exact) mass is 443 g/mol. The second-order valence-electron chi connectivity index (χ2n) is 8.12. The van der Waals surface area contributed by atoms with Crippen molar-refractivity contribution < 1.29 is 0 Å². The Kier molecular flexibility index (Phi) is 5.62. The average Bonchev–Trinajstić information content (AvgIpc) is 2.70. The second kappa shape index (κ2) is 8.06. The highest BCUT2D eigenvalue weighted by molar-refractivity contribution is 6.35. The lowest BCUT2D eigenvalue weighted by atomic mass is 9.84. The lowest BCUT2D eigenvalue weighted by Gasteiger charge is -2.34. The van der Waals surface area contributed by atoms with Crippen molar-refractivity contribution >= 4 is 40.3 Å². The van der Waals surface area contributed by atoms with E-state index in [9.17, 15) is 9.59 Å². The molecule has 0 aliphatic carbocycles. The number of para-hydroxylation sites is 1. The van der Waals surface area contributed by atoms with E-state index in [2.05, 4.69) is 22.6 Å². The fraction of sp³-hybridized carbons (Fsp3) is 0.304. The molecule has 1 unspecified atom stereocenters. The first-order valence-corrected chi connectivity index (χ1v) is 10.6. The predicted octanol–water partition coefficient (Wildman–Crippen LogP) is 4.73. The fourth-order valence-electron chi connectivity index (χ4n) is 4.10. The van der Waals surface area contributed by atoms with Crippen molar-refractivity contribution in [3.63, 3.8) is 0 Å². The summed E-state index contributed by atoms with van der Waals surface area (Å²) in [6.45, 7) is 5.39. The minimum absolute atomic E-state index is 0.0200. The zero-order valence-corrected chi connectivity index (χ0v) is 18.6. The largest absolute Gasteiger partial charge is 0.378 e. The van der Waals surface area contributed by atoms with E-state index in [1.165, 1.54) is 0 Å². The number of rotatable bonds is 5. The van der Waals surface area contributed by atoms with E-state index in [1.54, 1.807) is 6.07 Å². The SMILES string of the molecule is CC(C)Nc1c(Nc2ccccc2C2CN(C)Cc3c(Cl)cc(Cl)cc32)c(=O)c1=O. The summed E-state index contributed by atoms with van der Waals surface area (Å²) in [5.41, 5.74) is 3.64. The number of hydrogen-bond donors (Lipinski definition) is 2. The van der Waals surface area contributed by atoms with Crippen molar-refractivity contribution in [2.75, 3.05) is 24.2 Å². The van der Waals surface area contributed by atoms with Gasteiger partial charge in [-0.25, -0.2) is 0 Å². The molecule has 2 N–H and O–H groups in total. The van der Waals surface area contributed by atoms with Crippen LogP contribution in [-0.4, -0.2) is 24.5 Å². The molecular formula is C23H23Cl2N3O2. The van der Waals surface area contributed by atoms with Crippen LogP contribution in [-0.2, 0) is 6.54 Å². The molecule has 5 nitrogen and oxygen atoms in total. The summed E-state index contributed by atoms with van der Waals surface area (Å²) < 4.78 is 0. The summed E-state index contributed by atoms with van der Waals surface area (Å²) in [6, 6.07) is 11.6. The average molecular weight is 444 g/mol. The molecule has 0 fully saturated rings. The van der Waals surface area contributed by atoms with Crippen LogP contribution in [0.15, 0.2) is 46.0 Å². The highest BCUT2D eigenvalue weighted by Gasteiger charge is 2.29. The van der Waals surface area contributed by atoms with Gasteiger partial charge in [-0.1, -0.05) is 41.4 Å². The first kappa shape index (κ1) is 20.9. The smallest absolute Gasteiger partial charge is 0.253 e. The molecule has 1 aliphatic rings. The van der Waals surface area contributed by atoms with Gasteiger partial charge in [0.1, 0.15) is 11.4 Å². The van der Waals surface area contributed by atoms with Crippen LogP contribution in [0.4, 0.5) is 17.1 Å². The quantitative estimate of drug-likeness (QED) is 0.558. The van der Waals surface area contributed by atoms with Gasteiger partial charge in [-0.15, -0.1) is 0 Å². The standard InChI is InChI=1S/C23H23Cl2N3O2/c1-12(2)26-20-21(23(30)22(20)29)27-19-7-5-4-6-14(19)16-10-28(3)11-17-15(16)8-13(24)9-18(17)25/h4-9,12,16,26-27H,10-11H2,1-3H3. The van der Waals surface area contributed by atoms with Crippen LogP contribution in [0.3, 0.4) is 0 Å². The summed E-state index contributed by atoms with van der Waals surface area (Å²) in [5.74, 6) is 0.0200. The Morgan fingerprint density at radius 2 is 1.73 bits per heavy atom. The van der Waals surface area contributed by atoms with Gasteiger partial charge in [0.2, 0.25) is 0 Å². The number of fused-ring (bicyclic) bond motifs is 1. The lowest BCUT2D eigenvalue weighted by Crippen LogP contribution is -2.38. The Labute approximate surface area is 185 Å². The zero-order valence-electron chi connectivity index (χ0n) is 17.1. The van der Waals surface area contributed by atoms with E-state index in [4.69, 9.17) is 23.2 Å². The highest BCUT2D eigenvalue weighted by Crippen LogP contribution is 2.41. The minimum atomic E-state index is -0.500. The molecular weight excluding hydrogens is 421 g/mol. The molecule has 3 aromatic carbocycles. The summed E-state index contributed by atoms with van der Waals surface area (Å²) in [7, 11) is 2.05. The van der Waals surface area contributed by atoms with Gasteiger partial charge in [-0.2, -0.15) is 0 Å². The Hall–Kier alpha value is -2.34. The summed E-state index contributed by atoms with van der Waals surface area (Å²) in [6.07, 6.45) is 0. The zero-order chi connectivity index (χ0) is 21.6. The van der Waals surface area contributed by atoms with Crippen LogP contribution >= 0.6 is 23.2 Å². The number of nitrogens with one attached hydrogen (secondary N) is 2. The van der Waals surface area contributed by atoms with Gasteiger partial charge in [0.05, 0.1) is 0 Å². The first-order chi connectivity index (χ1) is 14.3. The molecule has 3 aromatic rings. The van der Waals surface area contributed by atoms with Crippen molar-refractivity contribution in [1.82, 2.24) is 4.90 Å². The normalized spacial score (nSPS) is 16.7. The molecule has 1 aliphatic heterocycles. The maximum atomic E-state index is 12.2.